The van der Waals surface area contributed by atoms with Crippen LogP contribution >= 0.6 is 0 Å². The normalized spacial score (nSPS) is 15.9. The van der Waals surface area contributed by atoms with Crippen molar-refractivity contribution in [2.75, 3.05) is 43.7 Å². The minimum Gasteiger partial charge on any atom is -0.364 e. The van der Waals surface area contributed by atoms with Gasteiger partial charge in [0.15, 0.2) is 5.75 Å². The smallest absolute Gasteiger partial charge is 0.295 e. The average Bonchev–Trinajstić information content (AvgIpc) is 3.80. The molecule has 1 aliphatic heterocycles. The fourth-order valence-corrected chi connectivity index (χ4v) is 5.71. The molecular weight excluding hydrogens is 516 g/mol. The van der Waals surface area contributed by atoms with Gasteiger partial charge in [-0.3, -0.25) is 14.5 Å². The molecule has 1 heterocycles. The van der Waals surface area contributed by atoms with Gasteiger partial charge in [-0.2, -0.15) is 8.42 Å². The third-order valence-corrected chi connectivity index (χ3v) is 8.46. The predicted molar refractivity (Wildman–Crippen MR) is 148 cm³/mol. The van der Waals surface area contributed by atoms with Crippen LogP contribution in [0.25, 0.3) is 0 Å². The van der Waals surface area contributed by atoms with E-state index in [9.17, 15) is 18.0 Å². The second-order valence-corrected chi connectivity index (χ2v) is 11.6. The van der Waals surface area contributed by atoms with E-state index in [2.05, 4.69) is 10.2 Å². The van der Waals surface area contributed by atoms with Gasteiger partial charge in [-0.1, -0.05) is 40.9 Å². The van der Waals surface area contributed by atoms with E-state index >= 15 is 0 Å². The Labute approximate surface area is 229 Å². The van der Waals surface area contributed by atoms with Crippen LogP contribution in [0.15, 0.2) is 89.8 Å². The molecule has 10 heteroatoms. The SMILES string of the molecule is O=C(NCC(=O)N1CCN(CC2CC2)CC1)c1ccc(S(=O)(=O)N(Oc2ccccc2)c2ccccc2)cc1. The Balaban J connectivity index is 1.20. The number of para-hydroxylation sites is 2. The second kappa shape index (κ2) is 11.9. The van der Waals surface area contributed by atoms with Crippen molar-refractivity contribution in [2.24, 2.45) is 5.92 Å². The molecule has 0 radical (unpaired) electrons. The lowest BCUT2D eigenvalue weighted by Gasteiger charge is -2.34. The van der Waals surface area contributed by atoms with Crippen molar-refractivity contribution in [2.45, 2.75) is 17.7 Å². The molecule has 0 spiro atoms. The summed E-state index contributed by atoms with van der Waals surface area (Å²) in [5, 5.41) is 2.66. The van der Waals surface area contributed by atoms with E-state index in [1.165, 1.54) is 37.1 Å². The van der Waals surface area contributed by atoms with Gasteiger partial charge in [-0.05, 0) is 67.3 Å². The summed E-state index contributed by atoms with van der Waals surface area (Å²) in [5.41, 5.74) is 0.585. The zero-order valence-electron chi connectivity index (χ0n) is 21.6. The third kappa shape index (κ3) is 6.76. The molecule has 1 saturated heterocycles. The van der Waals surface area contributed by atoms with Crippen LogP contribution in [0.5, 0.6) is 5.75 Å². The fraction of sp³-hybridized carbons (Fsp3) is 0.310. The lowest BCUT2D eigenvalue weighted by molar-refractivity contribution is -0.131. The van der Waals surface area contributed by atoms with Crippen molar-refractivity contribution in [1.29, 1.82) is 0 Å². The number of nitrogens with zero attached hydrogens (tertiary/aromatic N) is 3. The van der Waals surface area contributed by atoms with E-state index in [-0.39, 0.29) is 22.9 Å². The number of amides is 2. The van der Waals surface area contributed by atoms with Gasteiger partial charge in [0.1, 0.15) is 0 Å². The first kappa shape index (κ1) is 26.7. The van der Waals surface area contributed by atoms with E-state index < -0.39 is 15.9 Å². The molecule has 2 amide bonds. The van der Waals surface area contributed by atoms with Crippen molar-refractivity contribution in [3.8, 4) is 5.75 Å². The largest absolute Gasteiger partial charge is 0.364 e. The minimum absolute atomic E-state index is 0.0426. The summed E-state index contributed by atoms with van der Waals surface area (Å²) in [6, 6.07) is 22.7. The maximum absolute atomic E-state index is 13.5. The summed E-state index contributed by atoms with van der Waals surface area (Å²) in [6.07, 6.45) is 2.62. The first-order valence-corrected chi connectivity index (χ1v) is 14.6. The molecule has 0 bridgehead atoms. The third-order valence-electron chi connectivity index (χ3n) is 6.87. The van der Waals surface area contributed by atoms with Crippen molar-refractivity contribution in [1.82, 2.24) is 15.1 Å². The highest BCUT2D eigenvalue weighted by Crippen LogP contribution is 2.30. The Kier molecular flexibility index (Phi) is 8.13. The van der Waals surface area contributed by atoms with Gasteiger partial charge >= 0.3 is 0 Å². The highest BCUT2D eigenvalue weighted by molar-refractivity contribution is 7.92. The van der Waals surface area contributed by atoms with Gasteiger partial charge in [0.05, 0.1) is 17.1 Å². The molecule has 1 saturated carbocycles. The topological polar surface area (TPSA) is 99.3 Å². The Morgan fingerprint density at radius 3 is 2.08 bits per heavy atom. The van der Waals surface area contributed by atoms with Crippen molar-refractivity contribution < 1.29 is 22.8 Å². The standard InChI is InChI=1S/C29H32N4O5S/c34-28(32-19-17-31(18-20-32)22-23-11-12-23)21-30-29(35)24-13-15-27(16-14-24)39(36,37)33(25-7-3-1-4-8-25)38-26-9-5-2-6-10-26/h1-10,13-16,23H,11-12,17-22H2,(H,30,35). The van der Waals surface area contributed by atoms with Crippen LogP contribution < -0.4 is 14.6 Å². The van der Waals surface area contributed by atoms with E-state index in [4.69, 9.17) is 4.84 Å². The number of carbonyl (C=O) groups excluding carboxylic acids is 2. The van der Waals surface area contributed by atoms with Crippen LogP contribution in [0.4, 0.5) is 5.69 Å². The second-order valence-electron chi connectivity index (χ2n) is 9.80. The number of nitrogens with one attached hydrogen (secondary N) is 1. The molecule has 0 unspecified atom stereocenters. The molecule has 0 atom stereocenters. The zero-order chi connectivity index (χ0) is 27.2. The molecule has 9 nitrogen and oxygen atoms in total. The molecule has 2 fully saturated rings. The fourth-order valence-electron chi connectivity index (χ4n) is 4.46. The number of hydrogen-bond acceptors (Lipinski definition) is 6. The van der Waals surface area contributed by atoms with Crippen LogP contribution in [-0.4, -0.2) is 69.3 Å². The molecule has 39 heavy (non-hydrogen) atoms. The number of hydrogen-bond donors (Lipinski definition) is 1. The molecule has 1 N–H and O–H groups in total. The van der Waals surface area contributed by atoms with Gasteiger partial charge in [-0.15, -0.1) is 0 Å². The minimum atomic E-state index is -4.13. The van der Waals surface area contributed by atoms with Gasteiger partial charge < -0.3 is 15.1 Å². The molecule has 204 valence electrons. The Morgan fingerprint density at radius 1 is 0.846 bits per heavy atom. The van der Waals surface area contributed by atoms with E-state index in [0.29, 0.717) is 24.5 Å². The Hall–Kier alpha value is -3.89. The maximum atomic E-state index is 13.5. The van der Waals surface area contributed by atoms with Crippen molar-refractivity contribution >= 4 is 27.5 Å². The highest BCUT2D eigenvalue weighted by atomic mass is 32.2. The maximum Gasteiger partial charge on any atom is 0.295 e. The van der Waals surface area contributed by atoms with Crippen LogP contribution in [0.2, 0.25) is 0 Å². The van der Waals surface area contributed by atoms with E-state index in [1.807, 2.05) is 6.07 Å². The van der Waals surface area contributed by atoms with Crippen molar-refractivity contribution in [3.63, 3.8) is 0 Å². The summed E-state index contributed by atoms with van der Waals surface area (Å²) < 4.78 is 27.9. The number of sulfonamides is 1. The first-order chi connectivity index (χ1) is 18.9. The van der Waals surface area contributed by atoms with Crippen LogP contribution in [0, 0.1) is 5.92 Å². The Morgan fingerprint density at radius 2 is 1.46 bits per heavy atom. The van der Waals surface area contributed by atoms with E-state index in [1.54, 1.807) is 59.5 Å². The van der Waals surface area contributed by atoms with Gasteiger partial charge in [0, 0.05) is 38.3 Å². The van der Waals surface area contributed by atoms with E-state index in [0.717, 1.165) is 30.0 Å². The molecule has 3 aromatic rings. The molecular formula is C29H32N4O5S. The molecule has 1 aliphatic carbocycles. The quantitative estimate of drug-likeness (QED) is 0.391. The molecule has 2 aliphatic rings. The molecule has 0 aromatic heterocycles. The lowest BCUT2D eigenvalue weighted by atomic mass is 10.2. The van der Waals surface area contributed by atoms with Crippen molar-refractivity contribution in [3.05, 3.63) is 90.5 Å². The van der Waals surface area contributed by atoms with Gasteiger partial charge in [-0.25, -0.2) is 0 Å². The number of rotatable bonds is 10. The summed E-state index contributed by atoms with van der Waals surface area (Å²) in [5.74, 6) is 0.617. The zero-order valence-corrected chi connectivity index (χ0v) is 22.4. The number of benzene rings is 3. The first-order valence-electron chi connectivity index (χ1n) is 13.1. The summed E-state index contributed by atoms with van der Waals surface area (Å²) >= 11 is 0. The number of piperazine rings is 1. The average molecular weight is 549 g/mol. The Bertz CT molecular complexity index is 1370. The monoisotopic (exact) mass is 548 g/mol. The lowest BCUT2D eigenvalue weighted by Crippen LogP contribution is -2.51. The van der Waals surface area contributed by atoms with Gasteiger partial charge in [0.25, 0.3) is 15.9 Å². The van der Waals surface area contributed by atoms with Crippen LogP contribution in [-0.2, 0) is 14.8 Å². The van der Waals surface area contributed by atoms with Gasteiger partial charge in [0.2, 0.25) is 5.91 Å². The number of carbonyl (C=O) groups is 2. The predicted octanol–water partition coefficient (Wildman–Crippen LogP) is 3.16. The summed E-state index contributed by atoms with van der Waals surface area (Å²) in [6.45, 7) is 4.06. The van der Waals surface area contributed by atoms with Crippen LogP contribution in [0.3, 0.4) is 0 Å². The molecule has 3 aromatic carbocycles. The summed E-state index contributed by atoms with van der Waals surface area (Å²) in [4.78, 5) is 35.2. The highest BCUT2D eigenvalue weighted by Gasteiger charge is 2.29. The van der Waals surface area contributed by atoms with Crippen LogP contribution in [0.1, 0.15) is 23.2 Å². The molecule has 5 rings (SSSR count). The number of anilines is 1. The summed E-state index contributed by atoms with van der Waals surface area (Å²) in [7, 11) is -4.13.